The second kappa shape index (κ2) is 5.05. The van der Waals surface area contributed by atoms with Crippen LogP contribution in [0.5, 0.6) is 0 Å². The summed E-state index contributed by atoms with van der Waals surface area (Å²) in [6.07, 6.45) is 1.11. The molecule has 0 spiro atoms. The van der Waals surface area contributed by atoms with E-state index < -0.39 is 11.9 Å². The lowest BCUT2D eigenvalue weighted by molar-refractivity contribution is -0.141. The number of carbonyl (C=O) groups is 1. The zero-order valence-electron chi connectivity index (χ0n) is 12.2. The topological polar surface area (TPSA) is 68.3 Å². The molecule has 1 amide bonds. The van der Waals surface area contributed by atoms with Crippen molar-refractivity contribution in [2.75, 3.05) is 6.54 Å². The highest BCUT2D eigenvalue weighted by atomic mass is 19.4. The summed E-state index contributed by atoms with van der Waals surface area (Å²) in [5.74, 6) is -0.113. The Labute approximate surface area is 133 Å². The molecule has 3 aromatic rings. The van der Waals surface area contributed by atoms with Gasteiger partial charge in [0.25, 0.3) is 5.91 Å². The molecule has 0 saturated heterocycles. The van der Waals surface area contributed by atoms with Crippen LogP contribution in [0, 0.1) is 0 Å². The van der Waals surface area contributed by atoms with E-state index in [0.717, 1.165) is 6.20 Å². The number of imidazole rings is 1. The molecule has 10 heteroatoms. The maximum Gasteiger partial charge on any atom is 0.434 e. The van der Waals surface area contributed by atoms with E-state index in [0.29, 0.717) is 17.8 Å². The van der Waals surface area contributed by atoms with E-state index in [1.165, 1.54) is 20.2 Å². The molecular weight excluding hydrogens is 325 g/mol. The van der Waals surface area contributed by atoms with Crippen molar-refractivity contribution in [3.05, 3.63) is 47.9 Å². The number of rotatable bonds is 1. The summed E-state index contributed by atoms with van der Waals surface area (Å²) < 4.78 is 41.2. The molecule has 0 radical (unpaired) electrons. The molecule has 1 aliphatic heterocycles. The predicted octanol–water partition coefficient (Wildman–Crippen LogP) is 1.60. The maximum absolute atomic E-state index is 12.8. The number of amides is 1. The van der Waals surface area contributed by atoms with Gasteiger partial charge in [-0.3, -0.25) is 4.79 Å². The van der Waals surface area contributed by atoms with Gasteiger partial charge >= 0.3 is 6.18 Å². The van der Waals surface area contributed by atoms with Crippen molar-refractivity contribution in [3.63, 3.8) is 0 Å². The standard InChI is InChI=1S/C14H11F3N6O/c15-14(16,17)10-7-21-4-5-22(8-11(21)20-10)13(24)9-6-19-23-3-1-2-18-12(9)23/h1-3,6-7H,4-5,8H2. The molecular formula is C14H11F3N6O. The van der Waals surface area contributed by atoms with Crippen LogP contribution in [0.3, 0.4) is 0 Å². The summed E-state index contributed by atoms with van der Waals surface area (Å²) in [6, 6.07) is 1.69. The molecule has 4 rings (SSSR count). The number of nitrogens with zero attached hydrogens (tertiary/aromatic N) is 6. The molecule has 0 aliphatic carbocycles. The third kappa shape index (κ3) is 2.30. The zero-order chi connectivity index (χ0) is 16.9. The van der Waals surface area contributed by atoms with E-state index in [2.05, 4.69) is 15.1 Å². The molecule has 24 heavy (non-hydrogen) atoms. The predicted molar refractivity (Wildman–Crippen MR) is 75.0 cm³/mol. The van der Waals surface area contributed by atoms with Crippen molar-refractivity contribution < 1.29 is 18.0 Å². The molecule has 124 valence electrons. The summed E-state index contributed by atoms with van der Waals surface area (Å²) in [7, 11) is 0. The van der Waals surface area contributed by atoms with Gasteiger partial charge in [-0.05, 0) is 6.07 Å². The van der Waals surface area contributed by atoms with Crippen molar-refractivity contribution >= 4 is 11.6 Å². The van der Waals surface area contributed by atoms with Gasteiger partial charge in [0.2, 0.25) is 0 Å². The Morgan fingerprint density at radius 1 is 1.25 bits per heavy atom. The normalized spacial score (nSPS) is 14.9. The van der Waals surface area contributed by atoms with Gasteiger partial charge in [-0.1, -0.05) is 0 Å². The van der Waals surface area contributed by atoms with Crippen molar-refractivity contribution in [2.24, 2.45) is 0 Å². The molecule has 0 N–H and O–H groups in total. The highest BCUT2D eigenvalue weighted by molar-refractivity contribution is 5.99. The second-order valence-corrected chi connectivity index (χ2v) is 5.41. The molecule has 0 saturated carbocycles. The first-order valence-corrected chi connectivity index (χ1v) is 7.14. The van der Waals surface area contributed by atoms with Crippen LogP contribution in [0.15, 0.2) is 30.9 Å². The average molecular weight is 336 g/mol. The number of alkyl halides is 3. The van der Waals surface area contributed by atoms with Crippen LogP contribution in [0.4, 0.5) is 13.2 Å². The van der Waals surface area contributed by atoms with Gasteiger partial charge in [0.15, 0.2) is 11.3 Å². The number of aromatic nitrogens is 5. The molecule has 3 aromatic heterocycles. The van der Waals surface area contributed by atoms with Gasteiger partial charge in [0.05, 0.1) is 12.7 Å². The number of hydrogen-bond acceptors (Lipinski definition) is 4. The second-order valence-electron chi connectivity index (χ2n) is 5.41. The summed E-state index contributed by atoms with van der Waals surface area (Å²) in [6.45, 7) is 0.569. The van der Waals surface area contributed by atoms with Crippen molar-refractivity contribution in [1.82, 2.24) is 29.0 Å². The van der Waals surface area contributed by atoms with Gasteiger partial charge in [-0.25, -0.2) is 14.5 Å². The first-order chi connectivity index (χ1) is 11.4. The quantitative estimate of drug-likeness (QED) is 0.677. The fourth-order valence-corrected chi connectivity index (χ4v) is 2.71. The maximum atomic E-state index is 12.8. The van der Waals surface area contributed by atoms with Crippen LogP contribution in [0.2, 0.25) is 0 Å². The van der Waals surface area contributed by atoms with E-state index in [4.69, 9.17) is 0 Å². The van der Waals surface area contributed by atoms with E-state index in [1.54, 1.807) is 18.5 Å². The van der Waals surface area contributed by atoms with Crippen LogP contribution in [-0.4, -0.2) is 41.5 Å². The summed E-state index contributed by atoms with van der Waals surface area (Å²) in [5.41, 5.74) is -0.219. The van der Waals surface area contributed by atoms with Crippen molar-refractivity contribution in [1.29, 1.82) is 0 Å². The Hall–Kier alpha value is -2.91. The van der Waals surface area contributed by atoms with Crippen LogP contribution in [0.1, 0.15) is 21.9 Å². The van der Waals surface area contributed by atoms with Crippen LogP contribution < -0.4 is 0 Å². The number of carbonyl (C=O) groups excluding carboxylic acids is 1. The Morgan fingerprint density at radius 2 is 2.08 bits per heavy atom. The first kappa shape index (κ1) is 14.7. The third-order valence-electron chi connectivity index (χ3n) is 3.89. The van der Waals surface area contributed by atoms with Crippen molar-refractivity contribution in [3.8, 4) is 0 Å². The van der Waals surface area contributed by atoms with E-state index in [1.807, 2.05) is 0 Å². The summed E-state index contributed by atoms with van der Waals surface area (Å²) in [5, 5.41) is 4.05. The van der Waals surface area contributed by atoms with E-state index in [9.17, 15) is 18.0 Å². The molecule has 0 atom stereocenters. The molecule has 0 aromatic carbocycles. The van der Waals surface area contributed by atoms with Crippen LogP contribution in [-0.2, 0) is 19.3 Å². The SMILES string of the molecule is O=C(c1cnn2cccnc12)N1CCn2cc(C(F)(F)F)nc2C1. The fraction of sp³-hybridized carbons (Fsp3) is 0.286. The van der Waals surface area contributed by atoms with Crippen molar-refractivity contribution in [2.45, 2.75) is 19.3 Å². The largest absolute Gasteiger partial charge is 0.434 e. The molecule has 0 fully saturated rings. The smallest absolute Gasteiger partial charge is 0.331 e. The molecule has 7 nitrogen and oxygen atoms in total. The van der Waals surface area contributed by atoms with Gasteiger partial charge < -0.3 is 9.47 Å². The third-order valence-corrected chi connectivity index (χ3v) is 3.89. The van der Waals surface area contributed by atoms with Gasteiger partial charge in [0.1, 0.15) is 11.4 Å². The molecule has 0 bridgehead atoms. The minimum atomic E-state index is -4.49. The van der Waals surface area contributed by atoms with Gasteiger partial charge in [-0.2, -0.15) is 18.3 Å². The summed E-state index contributed by atoms with van der Waals surface area (Å²) >= 11 is 0. The fourth-order valence-electron chi connectivity index (χ4n) is 2.71. The average Bonchev–Trinajstić information content (AvgIpc) is 3.17. The highest BCUT2D eigenvalue weighted by Gasteiger charge is 2.36. The lowest BCUT2D eigenvalue weighted by Crippen LogP contribution is -2.38. The lowest BCUT2D eigenvalue weighted by Gasteiger charge is -2.27. The van der Waals surface area contributed by atoms with Crippen LogP contribution >= 0.6 is 0 Å². The zero-order valence-corrected chi connectivity index (χ0v) is 12.2. The Kier molecular flexibility index (Phi) is 3.08. The molecule has 4 heterocycles. The van der Waals surface area contributed by atoms with Crippen LogP contribution in [0.25, 0.3) is 5.65 Å². The minimum Gasteiger partial charge on any atom is -0.331 e. The Morgan fingerprint density at radius 3 is 2.88 bits per heavy atom. The monoisotopic (exact) mass is 336 g/mol. The Balaban J connectivity index is 1.62. The highest BCUT2D eigenvalue weighted by Crippen LogP contribution is 2.29. The number of hydrogen-bond donors (Lipinski definition) is 0. The molecule has 0 unspecified atom stereocenters. The Bertz CT molecular complexity index is 928. The first-order valence-electron chi connectivity index (χ1n) is 7.14. The molecule has 1 aliphatic rings. The number of fused-ring (bicyclic) bond motifs is 2. The van der Waals surface area contributed by atoms with E-state index in [-0.39, 0.29) is 24.8 Å². The van der Waals surface area contributed by atoms with Gasteiger partial charge in [0, 0.05) is 31.7 Å². The minimum absolute atomic E-state index is 0.0130. The number of halogens is 3. The summed E-state index contributed by atoms with van der Waals surface area (Å²) in [4.78, 5) is 21.8. The lowest BCUT2D eigenvalue weighted by atomic mass is 10.2. The van der Waals surface area contributed by atoms with Gasteiger partial charge in [-0.15, -0.1) is 0 Å². The van der Waals surface area contributed by atoms with E-state index >= 15 is 0 Å².